The van der Waals surface area contributed by atoms with Crippen LogP contribution in [-0.2, 0) is 4.79 Å². The summed E-state index contributed by atoms with van der Waals surface area (Å²) >= 11 is 0. The summed E-state index contributed by atoms with van der Waals surface area (Å²) in [7, 11) is 0. The van der Waals surface area contributed by atoms with Crippen molar-refractivity contribution in [3.63, 3.8) is 0 Å². The van der Waals surface area contributed by atoms with Crippen LogP contribution in [0.1, 0.15) is 48.7 Å². The van der Waals surface area contributed by atoms with Crippen molar-refractivity contribution >= 4 is 17.5 Å². The van der Waals surface area contributed by atoms with E-state index in [0.29, 0.717) is 30.4 Å². The predicted molar refractivity (Wildman–Crippen MR) is 120 cm³/mol. The second-order valence-corrected chi connectivity index (χ2v) is 8.26. The Morgan fingerprint density at radius 2 is 2.00 bits per heavy atom. The molecule has 31 heavy (non-hydrogen) atoms. The van der Waals surface area contributed by atoms with E-state index in [4.69, 9.17) is 0 Å². The van der Waals surface area contributed by atoms with Gasteiger partial charge in [0.25, 0.3) is 5.91 Å². The van der Waals surface area contributed by atoms with Crippen LogP contribution >= 0.6 is 0 Å². The third-order valence-corrected chi connectivity index (χ3v) is 5.69. The Kier molecular flexibility index (Phi) is 6.11. The summed E-state index contributed by atoms with van der Waals surface area (Å²) in [5, 5.41) is 10.1. The Bertz CT molecular complexity index is 1040. The van der Waals surface area contributed by atoms with E-state index in [1.165, 1.54) is 5.56 Å². The van der Waals surface area contributed by atoms with Crippen LogP contribution in [-0.4, -0.2) is 45.0 Å². The van der Waals surface area contributed by atoms with Crippen molar-refractivity contribution in [3.8, 4) is 11.3 Å². The topological polar surface area (TPSA) is 91.0 Å². The van der Waals surface area contributed by atoms with Crippen molar-refractivity contribution in [3.05, 3.63) is 66.1 Å². The van der Waals surface area contributed by atoms with Crippen LogP contribution in [0.25, 0.3) is 11.3 Å². The van der Waals surface area contributed by atoms with E-state index < -0.39 is 0 Å². The number of aromatic amines is 1. The number of hydrogen-bond donors (Lipinski definition) is 2. The van der Waals surface area contributed by atoms with Crippen molar-refractivity contribution in [2.24, 2.45) is 5.92 Å². The maximum absolute atomic E-state index is 13.0. The molecule has 2 N–H and O–H groups in total. The molecule has 0 spiro atoms. The number of pyridine rings is 1. The molecule has 3 heterocycles. The van der Waals surface area contributed by atoms with Gasteiger partial charge in [0.2, 0.25) is 5.91 Å². The Hall–Kier alpha value is -3.48. The van der Waals surface area contributed by atoms with Crippen LogP contribution in [0.15, 0.2) is 54.9 Å². The van der Waals surface area contributed by atoms with Crippen LogP contribution in [0.2, 0.25) is 0 Å². The molecule has 0 saturated carbocycles. The lowest BCUT2D eigenvalue weighted by Crippen LogP contribution is -2.43. The number of aromatic nitrogens is 3. The van der Waals surface area contributed by atoms with Gasteiger partial charge >= 0.3 is 0 Å². The second kappa shape index (κ2) is 9.12. The Labute approximate surface area is 181 Å². The highest BCUT2D eigenvalue weighted by Crippen LogP contribution is 2.23. The van der Waals surface area contributed by atoms with Gasteiger partial charge in [-0.25, -0.2) is 0 Å². The molecule has 0 radical (unpaired) electrons. The summed E-state index contributed by atoms with van der Waals surface area (Å²) in [6.07, 6.45) is 4.96. The molecule has 4 rings (SSSR count). The molecule has 160 valence electrons. The number of rotatable bonds is 5. The standard InChI is InChI=1S/C24H27N5O2/c1-16(2)17-7-9-20(10-8-17)26-23(30)19-6-4-12-29(15-19)24(31)22-13-21(27-28-22)18-5-3-11-25-14-18/h3,5,7-11,13-14,16,19H,4,6,12,15H2,1-2H3,(H,26,30)(H,27,28)/t19-/m1/s1. The number of amides is 2. The van der Waals surface area contributed by atoms with Crippen molar-refractivity contribution in [1.82, 2.24) is 20.1 Å². The number of likely N-dealkylation sites (tertiary alicyclic amines) is 1. The summed E-state index contributed by atoms with van der Waals surface area (Å²) in [5.74, 6) is 0.0314. The summed E-state index contributed by atoms with van der Waals surface area (Å²) in [4.78, 5) is 31.6. The normalized spacial score (nSPS) is 16.4. The van der Waals surface area contributed by atoms with E-state index in [1.807, 2.05) is 36.4 Å². The zero-order valence-corrected chi connectivity index (χ0v) is 17.8. The quantitative estimate of drug-likeness (QED) is 0.654. The maximum Gasteiger partial charge on any atom is 0.271 e. The zero-order valence-electron chi connectivity index (χ0n) is 17.8. The molecule has 1 aliphatic rings. The van der Waals surface area contributed by atoms with Gasteiger partial charge in [0, 0.05) is 36.7 Å². The number of H-pyrrole nitrogens is 1. The van der Waals surface area contributed by atoms with E-state index in [9.17, 15) is 9.59 Å². The number of nitrogens with zero attached hydrogens (tertiary/aromatic N) is 3. The number of benzene rings is 1. The monoisotopic (exact) mass is 417 g/mol. The van der Waals surface area contributed by atoms with Crippen molar-refractivity contribution in [1.29, 1.82) is 0 Å². The third kappa shape index (κ3) is 4.82. The van der Waals surface area contributed by atoms with E-state index in [-0.39, 0.29) is 17.7 Å². The SMILES string of the molecule is CC(C)c1ccc(NC(=O)[C@@H]2CCCN(C(=O)c3cc(-c4cccnc4)n[nH]3)C2)cc1. The highest BCUT2D eigenvalue weighted by atomic mass is 16.2. The van der Waals surface area contributed by atoms with Gasteiger partial charge in [0.05, 0.1) is 11.6 Å². The van der Waals surface area contributed by atoms with E-state index >= 15 is 0 Å². The number of anilines is 1. The molecule has 0 bridgehead atoms. The fraction of sp³-hybridized carbons (Fsp3) is 0.333. The molecule has 3 aromatic rings. The minimum Gasteiger partial charge on any atom is -0.337 e. The molecular weight excluding hydrogens is 390 g/mol. The Morgan fingerprint density at radius 3 is 2.71 bits per heavy atom. The molecule has 2 amide bonds. The van der Waals surface area contributed by atoms with Gasteiger partial charge in [-0.05, 0) is 54.7 Å². The molecule has 1 atom stereocenters. The smallest absolute Gasteiger partial charge is 0.271 e. The van der Waals surface area contributed by atoms with Gasteiger partial charge in [0.1, 0.15) is 5.69 Å². The largest absolute Gasteiger partial charge is 0.337 e. The zero-order chi connectivity index (χ0) is 21.8. The average Bonchev–Trinajstić information content (AvgIpc) is 3.30. The lowest BCUT2D eigenvalue weighted by atomic mass is 9.96. The Morgan fingerprint density at radius 1 is 1.19 bits per heavy atom. The number of hydrogen-bond acceptors (Lipinski definition) is 4. The minimum atomic E-state index is -0.233. The summed E-state index contributed by atoms with van der Waals surface area (Å²) in [5.41, 5.74) is 3.96. The molecule has 1 saturated heterocycles. The number of piperidine rings is 1. The van der Waals surface area contributed by atoms with Crippen LogP contribution in [0.4, 0.5) is 5.69 Å². The van der Waals surface area contributed by atoms with Gasteiger partial charge < -0.3 is 10.2 Å². The lowest BCUT2D eigenvalue weighted by Gasteiger charge is -2.31. The molecule has 0 unspecified atom stereocenters. The number of carbonyl (C=O) groups is 2. The molecule has 7 heteroatoms. The molecule has 2 aromatic heterocycles. The highest BCUT2D eigenvalue weighted by Gasteiger charge is 2.29. The summed E-state index contributed by atoms with van der Waals surface area (Å²) in [6, 6.07) is 13.4. The fourth-order valence-electron chi connectivity index (χ4n) is 3.84. The van der Waals surface area contributed by atoms with Gasteiger partial charge in [-0.3, -0.25) is 19.7 Å². The first-order valence-electron chi connectivity index (χ1n) is 10.7. The van der Waals surface area contributed by atoms with Crippen LogP contribution in [0.3, 0.4) is 0 Å². The molecule has 1 aliphatic heterocycles. The molecule has 1 aromatic carbocycles. The summed E-state index contributed by atoms with van der Waals surface area (Å²) < 4.78 is 0. The van der Waals surface area contributed by atoms with Gasteiger partial charge in [-0.15, -0.1) is 0 Å². The second-order valence-electron chi connectivity index (χ2n) is 8.26. The van der Waals surface area contributed by atoms with Crippen molar-refractivity contribution in [2.45, 2.75) is 32.6 Å². The van der Waals surface area contributed by atoms with Crippen molar-refractivity contribution < 1.29 is 9.59 Å². The molecular formula is C24H27N5O2. The van der Waals surface area contributed by atoms with E-state index in [2.05, 4.69) is 34.3 Å². The molecule has 7 nitrogen and oxygen atoms in total. The first kappa shape index (κ1) is 20.8. The minimum absolute atomic E-state index is 0.0459. The predicted octanol–water partition coefficient (Wildman–Crippen LogP) is 4.09. The fourth-order valence-corrected chi connectivity index (χ4v) is 3.84. The average molecular weight is 418 g/mol. The Balaban J connectivity index is 1.39. The maximum atomic E-state index is 13.0. The van der Waals surface area contributed by atoms with Crippen LogP contribution in [0.5, 0.6) is 0 Å². The summed E-state index contributed by atoms with van der Waals surface area (Å²) in [6.45, 7) is 5.31. The van der Waals surface area contributed by atoms with Crippen molar-refractivity contribution in [2.75, 3.05) is 18.4 Å². The van der Waals surface area contributed by atoms with Crippen LogP contribution < -0.4 is 5.32 Å². The number of nitrogens with one attached hydrogen (secondary N) is 2. The molecule has 1 fully saturated rings. The highest BCUT2D eigenvalue weighted by molar-refractivity contribution is 5.95. The molecule has 0 aliphatic carbocycles. The first-order valence-corrected chi connectivity index (χ1v) is 10.7. The van der Waals surface area contributed by atoms with E-state index in [1.54, 1.807) is 23.4 Å². The number of carbonyl (C=O) groups excluding carboxylic acids is 2. The van der Waals surface area contributed by atoms with Gasteiger partial charge in [-0.2, -0.15) is 5.10 Å². The van der Waals surface area contributed by atoms with Gasteiger partial charge in [0.15, 0.2) is 0 Å². The lowest BCUT2D eigenvalue weighted by molar-refractivity contribution is -0.121. The first-order chi connectivity index (χ1) is 15.0. The van der Waals surface area contributed by atoms with E-state index in [0.717, 1.165) is 24.1 Å². The van der Waals surface area contributed by atoms with Gasteiger partial charge in [-0.1, -0.05) is 26.0 Å². The third-order valence-electron chi connectivity index (χ3n) is 5.69. The van der Waals surface area contributed by atoms with Crippen LogP contribution in [0, 0.1) is 5.92 Å².